The second-order valence-electron chi connectivity index (χ2n) is 6.14. The van der Waals surface area contributed by atoms with Crippen LogP contribution in [0.1, 0.15) is 10.4 Å². The number of amides is 1. The molecule has 3 aromatic heterocycles. The lowest BCUT2D eigenvalue weighted by Gasteiger charge is -2.08. The minimum Gasteiger partial charge on any atom is -0.422 e. The lowest BCUT2D eigenvalue weighted by molar-refractivity contribution is 0.0948. The van der Waals surface area contributed by atoms with Gasteiger partial charge in [-0.1, -0.05) is 22.0 Å². The van der Waals surface area contributed by atoms with Gasteiger partial charge in [-0.05, 0) is 41.8 Å². The Hall–Kier alpha value is -3.04. The average Bonchev–Trinajstić information content (AvgIpc) is 3.24. The summed E-state index contributed by atoms with van der Waals surface area (Å²) in [6.45, 7) is 0.309. The van der Waals surface area contributed by atoms with Crippen molar-refractivity contribution in [2.24, 2.45) is 0 Å². The molecule has 4 rings (SSSR count). The lowest BCUT2D eigenvalue weighted by atomic mass is 10.2. The van der Waals surface area contributed by atoms with Crippen molar-refractivity contribution in [3.05, 3.63) is 84.7 Å². The van der Waals surface area contributed by atoms with Crippen molar-refractivity contribution in [3.8, 4) is 10.6 Å². The molecule has 0 aliphatic heterocycles. The van der Waals surface area contributed by atoms with Crippen molar-refractivity contribution in [1.29, 1.82) is 0 Å². The third-order valence-electron chi connectivity index (χ3n) is 4.19. The molecule has 0 aliphatic carbocycles. The minimum atomic E-state index is -0.715. The first-order valence-electron chi connectivity index (χ1n) is 8.65. The van der Waals surface area contributed by atoms with Crippen LogP contribution >= 0.6 is 27.3 Å². The molecule has 1 aromatic carbocycles. The number of thiophene rings is 1. The maximum absolute atomic E-state index is 12.4. The van der Waals surface area contributed by atoms with Crippen LogP contribution in [-0.2, 0) is 6.54 Å². The molecule has 3 heterocycles. The van der Waals surface area contributed by atoms with Crippen molar-refractivity contribution < 1.29 is 9.21 Å². The molecule has 0 unspecified atom stereocenters. The Bertz CT molecular complexity index is 1310. The third kappa shape index (κ3) is 4.20. The Morgan fingerprint density at radius 3 is 2.83 bits per heavy atom. The van der Waals surface area contributed by atoms with Gasteiger partial charge in [0.2, 0.25) is 0 Å². The van der Waals surface area contributed by atoms with E-state index in [2.05, 4.69) is 26.3 Å². The number of nitrogens with one attached hydrogen (secondary N) is 1. The van der Waals surface area contributed by atoms with Crippen molar-refractivity contribution in [1.82, 2.24) is 15.1 Å². The zero-order valence-corrected chi connectivity index (χ0v) is 17.3. The first kappa shape index (κ1) is 19.3. The van der Waals surface area contributed by atoms with Crippen molar-refractivity contribution >= 4 is 44.1 Å². The normalized spacial score (nSPS) is 10.9. The summed E-state index contributed by atoms with van der Waals surface area (Å²) in [5, 5.41) is 9.53. The summed E-state index contributed by atoms with van der Waals surface area (Å²) in [6.07, 6.45) is 0. The molecule has 0 fully saturated rings. The summed E-state index contributed by atoms with van der Waals surface area (Å²) in [6, 6.07) is 13.6. The van der Waals surface area contributed by atoms with E-state index in [1.54, 1.807) is 24.3 Å². The van der Waals surface area contributed by atoms with E-state index in [1.807, 2.05) is 17.5 Å². The Morgan fingerprint density at radius 1 is 1.17 bits per heavy atom. The lowest BCUT2D eigenvalue weighted by Crippen LogP contribution is -2.33. The highest BCUT2D eigenvalue weighted by molar-refractivity contribution is 9.10. The molecule has 0 saturated carbocycles. The highest BCUT2D eigenvalue weighted by atomic mass is 79.9. The number of nitrogens with zero attached hydrogens (tertiary/aromatic N) is 2. The summed E-state index contributed by atoms with van der Waals surface area (Å²) >= 11 is 4.87. The highest BCUT2D eigenvalue weighted by Crippen LogP contribution is 2.21. The molecule has 4 aromatic rings. The highest BCUT2D eigenvalue weighted by Gasteiger charge is 2.14. The Kier molecular flexibility index (Phi) is 5.41. The van der Waals surface area contributed by atoms with E-state index in [0.29, 0.717) is 16.7 Å². The van der Waals surface area contributed by atoms with E-state index in [-0.39, 0.29) is 24.2 Å². The van der Waals surface area contributed by atoms with E-state index >= 15 is 0 Å². The van der Waals surface area contributed by atoms with Crippen LogP contribution in [0.3, 0.4) is 0 Å². The van der Waals surface area contributed by atoms with Crippen LogP contribution in [0.15, 0.2) is 72.4 Å². The summed E-state index contributed by atoms with van der Waals surface area (Å²) in [5.41, 5.74) is 0.00717. The molecule has 0 saturated heterocycles. The van der Waals surface area contributed by atoms with Gasteiger partial charge in [-0.3, -0.25) is 9.59 Å². The van der Waals surface area contributed by atoms with Crippen LogP contribution < -0.4 is 16.5 Å². The smallest absolute Gasteiger partial charge is 0.349 e. The van der Waals surface area contributed by atoms with Gasteiger partial charge >= 0.3 is 5.63 Å². The fourth-order valence-electron chi connectivity index (χ4n) is 2.79. The van der Waals surface area contributed by atoms with Gasteiger partial charge in [-0.15, -0.1) is 11.3 Å². The van der Waals surface area contributed by atoms with Crippen molar-refractivity contribution in [2.75, 3.05) is 6.54 Å². The van der Waals surface area contributed by atoms with Gasteiger partial charge in [-0.25, -0.2) is 9.48 Å². The largest absolute Gasteiger partial charge is 0.422 e. The Labute approximate surface area is 176 Å². The summed E-state index contributed by atoms with van der Waals surface area (Å²) < 4.78 is 7.30. The van der Waals surface area contributed by atoms with Gasteiger partial charge in [0.05, 0.1) is 11.4 Å². The monoisotopic (exact) mass is 471 g/mol. The number of rotatable bonds is 5. The standard InChI is InChI=1S/C20H14BrN3O4S/c21-13-3-5-16-12(10-13)11-14(20(27)28-16)19(26)22-7-8-24-18(25)6-4-15(23-24)17-2-1-9-29-17/h1-6,9-11H,7-8H2,(H,22,26). The fourth-order valence-corrected chi connectivity index (χ4v) is 3.86. The second-order valence-corrected chi connectivity index (χ2v) is 8.01. The maximum atomic E-state index is 12.4. The molecule has 146 valence electrons. The number of fused-ring (bicyclic) bond motifs is 1. The van der Waals surface area contributed by atoms with E-state index in [0.717, 1.165) is 9.35 Å². The van der Waals surface area contributed by atoms with E-state index in [4.69, 9.17) is 4.42 Å². The third-order valence-corrected chi connectivity index (χ3v) is 5.57. The van der Waals surface area contributed by atoms with Crippen LogP contribution in [0, 0.1) is 0 Å². The molecular weight excluding hydrogens is 458 g/mol. The maximum Gasteiger partial charge on any atom is 0.349 e. The quantitative estimate of drug-likeness (QED) is 0.450. The molecule has 9 heteroatoms. The predicted octanol–water partition coefficient (Wildman–Crippen LogP) is 3.27. The first-order chi connectivity index (χ1) is 14.0. The van der Waals surface area contributed by atoms with Gasteiger partial charge in [0, 0.05) is 22.5 Å². The number of carbonyl (C=O) groups is 1. The molecule has 0 spiro atoms. The molecule has 0 bridgehead atoms. The average molecular weight is 472 g/mol. The second kappa shape index (κ2) is 8.14. The molecule has 0 aliphatic rings. The van der Waals surface area contributed by atoms with Gasteiger partial charge < -0.3 is 9.73 Å². The summed E-state index contributed by atoms with van der Waals surface area (Å²) in [7, 11) is 0. The van der Waals surface area contributed by atoms with Crippen LogP contribution in [-0.4, -0.2) is 22.2 Å². The number of aromatic nitrogens is 2. The zero-order chi connectivity index (χ0) is 20.4. The molecular formula is C20H14BrN3O4S. The molecule has 0 atom stereocenters. The number of carbonyl (C=O) groups excluding carboxylic acids is 1. The molecule has 1 amide bonds. The van der Waals surface area contributed by atoms with Gasteiger partial charge in [0.1, 0.15) is 16.8 Å². The van der Waals surface area contributed by atoms with Crippen LogP contribution in [0.25, 0.3) is 21.5 Å². The van der Waals surface area contributed by atoms with Crippen molar-refractivity contribution in [2.45, 2.75) is 6.54 Å². The van der Waals surface area contributed by atoms with Gasteiger partial charge in [-0.2, -0.15) is 5.10 Å². The topological polar surface area (TPSA) is 94.2 Å². The Morgan fingerprint density at radius 2 is 2.03 bits per heavy atom. The Balaban J connectivity index is 1.49. The van der Waals surface area contributed by atoms with Crippen molar-refractivity contribution in [3.63, 3.8) is 0 Å². The summed E-state index contributed by atoms with van der Waals surface area (Å²) in [5.74, 6) is -0.567. The molecule has 1 N–H and O–H groups in total. The number of hydrogen-bond acceptors (Lipinski definition) is 6. The molecule has 29 heavy (non-hydrogen) atoms. The zero-order valence-electron chi connectivity index (χ0n) is 14.9. The van der Waals surface area contributed by atoms with E-state index in [1.165, 1.54) is 28.2 Å². The number of halogens is 1. The van der Waals surface area contributed by atoms with Gasteiger partial charge in [0.15, 0.2) is 0 Å². The minimum absolute atomic E-state index is 0.0942. The first-order valence-corrected chi connectivity index (χ1v) is 10.3. The molecule has 0 radical (unpaired) electrons. The van der Waals surface area contributed by atoms with E-state index in [9.17, 15) is 14.4 Å². The predicted molar refractivity (Wildman–Crippen MR) is 114 cm³/mol. The van der Waals surface area contributed by atoms with E-state index < -0.39 is 11.5 Å². The van der Waals surface area contributed by atoms with Crippen LogP contribution in [0.4, 0.5) is 0 Å². The number of benzene rings is 1. The molecule has 7 nitrogen and oxygen atoms in total. The van der Waals surface area contributed by atoms with Crippen LogP contribution in [0.2, 0.25) is 0 Å². The van der Waals surface area contributed by atoms with Crippen LogP contribution in [0.5, 0.6) is 0 Å². The summed E-state index contributed by atoms with van der Waals surface area (Å²) in [4.78, 5) is 37.5. The SMILES string of the molecule is O=C(NCCn1nc(-c2cccs2)ccc1=O)c1cc2cc(Br)ccc2oc1=O. The number of hydrogen-bond donors (Lipinski definition) is 1. The fraction of sp³-hybridized carbons (Fsp3) is 0.100. The van der Waals surface area contributed by atoms with Gasteiger partial charge in [0.25, 0.3) is 11.5 Å².